The van der Waals surface area contributed by atoms with Crippen molar-refractivity contribution in [2.45, 2.75) is 33.6 Å². The van der Waals surface area contributed by atoms with Gasteiger partial charge in [0.25, 0.3) is 0 Å². The molecule has 0 saturated heterocycles. The average Bonchev–Trinajstić information content (AvgIpc) is 3.22. The zero-order valence-electron chi connectivity index (χ0n) is 17.1. The van der Waals surface area contributed by atoms with Crippen LogP contribution >= 0.6 is 0 Å². The largest absolute Gasteiger partial charge is 0.465 e. The monoisotopic (exact) mass is 395 g/mol. The minimum absolute atomic E-state index is 0.245. The van der Waals surface area contributed by atoms with E-state index < -0.39 is 23.8 Å². The van der Waals surface area contributed by atoms with Gasteiger partial charge in [-0.15, -0.1) is 0 Å². The van der Waals surface area contributed by atoms with Gasteiger partial charge in [-0.05, 0) is 45.4 Å². The molecule has 0 aliphatic carbocycles. The molecule has 2 aromatic rings. The van der Waals surface area contributed by atoms with Crippen molar-refractivity contribution in [2.24, 2.45) is 10.9 Å². The number of hydrogen-bond donors (Lipinski definition) is 0. The van der Waals surface area contributed by atoms with Crippen molar-refractivity contribution in [1.29, 1.82) is 0 Å². The van der Waals surface area contributed by atoms with Gasteiger partial charge in [0.1, 0.15) is 5.92 Å². The second-order valence-electron chi connectivity index (χ2n) is 6.74. The maximum absolute atomic E-state index is 12.8. The number of benzene rings is 1. The molecule has 0 radical (unpaired) electrons. The Balaban J connectivity index is 2.08. The smallest absolute Gasteiger partial charge is 0.336 e. The van der Waals surface area contributed by atoms with Crippen molar-refractivity contribution >= 4 is 17.7 Å². The number of aromatic nitrogens is 2. The molecule has 0 bridgehead atoms. The second kappa shape index (κ2) is 8.86. The van der Waals surface area contributed by atoms with Gasteiger partial charge < -0.3 is 14.0 Å². The second-order valence-corrected chi connectivity index (χ2v) is 6.74. The number of aliphatic imine (C=N–C) groups is 1. The number of hydrogen-bond acceptors (Lipinski definition) is 6. The van der Waals surface area contributed by atoms with E-state index in [1.54, 1.807) is 40.2 Å². The van der Waals surface area contributed by atoms with Crippen molar-refractivity contribution in [1.82, 2.24) is 9.55 Å². The first-order valence-electron chi connectivity index (χ1n) is 9.65. The van der Waals surface area contributed by atoms with E-state index in [0.29, 0.717) is 17.0 Å². The molecule has 3 rings (SSSR count). The third kappa shape index (κ3) is 4.13. The van der Waals surface area contributed by atoms with Crippen LogP contribution < -0.4 is 0 Å². The number of esters is 2. The average molecular weight is 395 g/mol. The standard InChI is InChI=1S/C22H25N3O4/c1-5-28-21(26)18-14(3)24-15(4)19(22(27)29-6-2)20(18)16-7-9-17(10-8-16)25-12-11-23-13-25/h7-13,18,20H,5-6H2,1-4H3. The molecular formula is C22H25N3O4. The van der Waals surface area contributed by atoms with E-state index in [9.17, 15) is 9.59 Å². The highest BCUT2D eigenvalue weighted by atomic mass is 16.5. The van der Waals surface area contributed by atoms with Crippen LogP contribution in [0.3, 0.4) is 0 Å². The Bertz CT molecular complexity index is 943. The van der Waals surface area contributed by atoms with E-state index in [1.807, 2.05) is 35.0 Å². The topological polar surface area (TPSA) is 82.8 Å². The highest BCUT2D eigenvalue weighted by Gasteiger charge is 2.42. The molecule has 29 heavy (non-hydrogen) atoms. The van der Waals surface area contributed by atoms with Gasteiger partial charge in [0.15, 0.2) is 0 Å². The summed E-state index contributed by atoms with van der Waals surface area (Å²) in [5.41, 5.74) is 3.33. The van der Waals surface area contributed by atoms with Gasteiger partial charge in [-0.3, -0.25) is 9.79 Å². The Morgan fingerprint density at radius 1 is 1.07 bits per heavy atom. The Kier molecular flexibility index (Phi) is 6.26. The normalized spacial score (nSPS) is 19.0. The van der Waals surface area contributed by atoms with E-state index >= 15 is 0 Å². The SMILES string of the molecule is CCOC(=O)C1=C(C)N=C(C)C(C(=O)OCC)C1c1ccc(-n2ccnc2)cc1. The van der Waals surface area contributed by atoms with Crippen LogP contribution in [0.25, 0.3) is 5.69 Å². The van der Waals surface area contributed by atoms with Crippen LogP contribution in [0.1, 0.15) is 39.2 Å². The van der Waals surface area contributed by atoms with Crippen LogP contribution in [-0.2, 0) is 19.1 Å². The van der Waals surface area contributed by atoms with Crippen molar-refractivity contribution in [3.63, 3.8) is 0 Å². The van der Waals surface area contributed by atoms with E-state index in [2.05, 4.69) is 9.98 Å². The van der Waals surface area contributed by atoms with Crippen LogP contribution in [0.15, 0.2) is 59.2 Å². The molecule has 0 amide bonds. The van der Waals surface area contributed by atoms with Gasteiger partial charge in [-0.2, -0.15) is 0 Å². The number of allylic oxidation sites excluding steroid dienone is 1. The first-order valence-corrected chi connectivity index (χ1v) is 9.65. The lowest BCUT2D eigenvalue weighted by Gasteiger charge is -2.31. The summed E-state index contributed by atoms with van der Waals surface area (Å²) in [6.45, 7) is 7.57. The molecule has 0 N–H and O–H groups in total. The van der Waals surface area contributed by atoms with Gasteiger partial charge in [0.2, 0.25) is 0 Å². The van der Waals surface area contributed by atoms with Crippen molar-refractivity contribution in [2.75, 3.05) is 13.2 Å². The number of ether oxygens (including phenoxy) is 2. The van der Waals surface area contributed by atoms with Crippen LogP contribution in [0, 0.1) is 5.92 Å². The van der Waals surface area contributed by atoms with Gasteiger partial charge in [0, 0.05) is 35.4 Å². The summed E-state index contributed by atoms with van der Waals surface area (Å²) in [5.74, 6) is -2.06. The van der Waals surface area contributed by atoms with Gasteiger partial charge >= 0.3 is 11.9 Å². The Morgan fingerprint density at radius 3 is 2.34 bits per heavy atom. The maximum atomic E-state index is 12.8. The zero-order chi connectivity index (χ0) is 21.0. The van der Waals surface area contributed by atoms with Crippen LogP contribution in [0.5, 0.6) is 0 Å². The molecule has 7 nitrogen and oxygen atoms in total. The van der Waals surface area contributed by atoms with Crippen LogP contribution in [0.4, 0.5) is 0 Å². The molecule has 1 aliphatic heterocycles. The molecule has 1 aromatic heterocycles. The van der Waals surface area contributed by atoms with Gasteiger partial charge in [-0.25, -0.2) is 9.78 Å². The molecule has 2 heterocycles. The summed E-state index contributed by atoms with van der Waals surface area (Å²) >= 11 is 0. The summed E-state index contributed by atoms with van der Waals surface area (Å²) in [5, 5.41) is 0. The molecule has 0 spiro atoms. The van der Waals surface area contributed by atoms with E-state index in [0.717, 1.165) is 11.3 Å². The van der Waals surface area contributed by atoms with E-state index in [4.69, 9.17) is 9.47 Å². The Hall–Kier alpha value is -3.22. The number of carbonyl (C=O) groups is 2. The first kappa shape index (κ1) is 20.5. The quantitative estimate of drug-likeness (QED) is 0.700. The summed E-state index contributed by atoms with van der Waals surface area (Å²) in [6.07, 6.45) is 5.26. The first-order chi connectivity index (χ1) is 14.0. The summed E-state index contributed by atoms with van der Waals surface area (Å²) in [4.78, 5) is 34.1. The molecule has 2 atom stereocenters. The number of imidazole rings is 1. The molecular weight excluding hydrogens is 370 g/mol. The lowest BCUT2D eigenvalue weighted by molar-refractivity contribution is -0.146. The highest BCUT2D eigenvalue weighted by molar-refractivity contribution is 6.07. The Morgan fingerprint density at radius 2 is 1.76 bits per heavy atom. The summed E-state index contributed by atoms with van der Waals surface area (Å²) < 4.78 is 12.5. The predicted octanol–water partition coefficient (Wildman–Crippen LogP) is 3.45. The third-order valence-corrected chi connectivity index (χ3v) is 4.92. The fourth-order valence-electron chi connectivity index (χ4n) is 3.67. The van der Waals surface area contributed by atoms with Crippen molar-refractivity contribution in [3.05, 3.63) is 59.8 Å². The number of carbonyl (C=O) groups excluding carboxylic acids is 2. The maximum Gasteiger partial charge on any atom is 0.336 e. The van der Waals surface area contributed by atoms with Crippen LogP contribution in [0.2, 0.25) is 0 Å². The fraction of sp³-hybridized carbons (Fsp3) is 0.364. The molecule has 7 heteroatoms. The lowest BCUT2D eigenvalue weighted by atomic mass is 9.75. The van der Waals surface area contributed by atoms with E-state index in [1.165, 1.54) is 0 Å². The zero-order valence-corrected chi connectivity index (χ0v) is 17.1. The number of rotatable bonds is 6. The minimum atomic E-state index is -0.683. The van der Waals surface area contributed by atoms with Crippen molar-refractivity contribution < 1.29 is 19.1 Å². The lowest BCUT2D eigenvalue weighted by Crippen LogP contribution is -2.36. The van der Waals surface area contributed by atoms with Crippen molar-refractivity contribution in [3.8, 4) is 5.69 Å². The molecule has 1 aromatic carbocycles. The molecule has 1 aliphatic rings. The van der Waals surface area contributed by atoms with Gasteiger partial charge in [-0.1, -0.05) is 12.1 Å². The molecule has 0 saturated carbocycles. The highest BCUT2D eigenvalue weighted by Crippen LogP contribution is 2.40. The van der Waals surface area contributed by atoms with E-state index in [-0.39, 0.29) is 13.2 Å². The predicted molar refractivity (Wildman–Crippen MR) is 109 cm³/mol. The number of nitrogens with zero attached hydrogens (tertiary/aromatic N) is 3. The van der Waals surface area contributed by atoms with Crippen LogP contribution in [-0.4, -0.2) is 40.4 Å². The Labute approximate surface area is 170 Å². The minimum Gasteiger partial charge on any atom is -0.465 e. The molecule has 152 valence electrons. The van der Waals surface area contributed by atoms with Gasteiger partial charge in [0.05, 0.1) is 25.1 Å². The third-order valence-electron chi connectivity index (χ3n) is 4.92. The summed E-state index contributed by atoms with van der Waals surface area (Å²) in [7, 11) is 0. The fourth-order valence-corrected chi connectivity index (χ4v) is 3.67. The molecule has 0 fully saturated rings. The summed E-state index contributed by atoms with van der Waals surface area (Å²) in [6, 6.07) is 7.69. The molecule has 2 unspecified atom stereocenters.